The minimum absolute atomic E-state index is 0.323. The minimum Gasteiger partial charge on any atom is -0.308 e. The molecule has 12 rings (SSSR count). The van der Waals surface area contributed by atoms with Crippen molar-refractivity contribution in [1.82, 2.24) is 9.13 Å². The highest BCUT2D eigenvalue weighted by molar-refractivity contribution is 6.26. The molecular formula is C56H32F4N2. The van der Waals surface area contributed by atoms with E-state index in [1.165, 1.54) is 48.5 Å². The molecule has 0 spiro atoms. The van der Waals surface area contributed by atoms with Crippen LogP contribution in [-0.2, 0) is 0 Å². The van der Waals surface area contributed by atoms with E-state index in [4.69, 9.17) is 0 Å². The van der Waals surface area contributed by atoms with E-state index in [1.54, 1.807) is 48.5 Å². The molecule has 6 heteroatoms. The van der Waals surface area contributed by atoms with Gasteiger partial charge in [0, 0.05) is 32.7 Å². The average molecular weight is 809 g/mol. The summed E-state index contributed by atoms with van der Waals surface area (Å²) in [7, 11) is 0. The summed E-state index contributed by atoms with van der Waals surface area (Å²) in [5.41, 5.74) is 10.7. The fraction of sp³-hybridized carbons (Fsp3) is 0. The van der Waals surface area contributed by atoms with Crippen molar-refractivity contribution in [3.8, 4) is 56.1 Å². The maximum absolute atomic E-state index is 14.5. The van der Waals surface area contributed by atoms with Gasteiger partial charge in [-0.1, -0.05) is 97.1 Å². The van der Waals surface area contributed by atoms with Crippen LogP contribution in [0, 0.1) is 23.3 Å². The fourth-order valence-corrected chi connectivity index (χ4v) is 9.72. The van der Waals surface area contributed by atoms with Crippen molar-refractivity contribution in [3.05, 3.63) is 217 Å². The largest absolute Gasteiger partial charge is 0.308 e. The smallest absolute Gasteiger partial charge is 0.123 e. The summed E-state index contributed by atoms with van der Waals surface area (Å²) in [6.45, 7) is 0. The maximum Gasteiger partial charge on any atom is 0.123 e. The minimum atomic E-state index is -0.332. The van der Waals surface area contributed by atoms with Gasteiger partial charge in [-0.25, -0.2) is 17.6 Å². The lowest BCUT2D eigenvalue weighted by Gasteiger charge is -2.20. The first kappa shape index (κ1) is 35.9. The summed E-state index contributed by atoms with van der Waals surface area (Å²) in [4.78, 5) is 0. The second-order valence-corrected chi connectivity index (χ2v) is 15.8. The van der Waals surface area contributed by atoms with E-state index in [0.29, 0.717) is 0 Å². The predicted molar refractivity (Wildman–Crippen MR) is 245 cm³/mol. The predicted octanol–water partition coefficient (Wildman–Crippen LogP) is 15.7. The van der Waals surface area contributed by atoms with E-state index in [9.17, 15) is 17.6 Å². The number of hydrogen-bond donors (Lipinski definition) is 0. The third kappa shape index (κ3) is 5.43. The van der Waals surface area contributed by atoms with Crippen molar-refractivity contribution >= 4 is 54.1 Å². The number of hydrogen-bond acceptors (Lipinski definition) is 0. The Morgan fingerprint density at radius 3 is 0.968 bits per heavy atom. The van der Waals surface area contributed by atoms with Crippen molar-refractivity contribution in [2.24, 2.45) is 0 Å². The van der Waals surface area contributed by atoms with Crippen LogP contribution in [0.15, 0.2) is 194 Å². The highest BCUT2D eigenvalue weighted by Gasteiger charge is 2.26. The lowest BCUT2D eigenvalue weighted by Crippen LogP contribution is -2.01. The van der Waals surface area contributed by atoms with E-state index in [-0.39, 0.29) is 23.3 Å². The van der Waals surface area contributed by atoms with Crippen LogP contribution < -0.4 is 0 Å². The van der Waals surface area contributed by atoms with Crippen LogP contribution in [0.1, 0.15) is 0 Å². The van der Waals surface area contributed by atoms with Gasteiger partial charge in [0.05, 0.1) is 33.8 Å². The van der Waals surface area contributed by atoms with Gasteiger partial charge < -0.3 is 9.13 Å². The molecule has 2 heterocycles. The zero-order valence-corrected chi connectivity index (χ0v) is 32.9. The Morgan fingerprint density at radius 2 is 0.597 bits per heavy atom. The van der Waals surface area contributed by atoms with Gasteiger partial charge in [-0.3, -0.25) is 0 Å². The molecular weight excluding hydrogens is 777 g/mol. The fourth-order valence-electron chi connectivity index (χ4n) is 9.72. The summed E-state index contributed by atoms with van der Waals surface area (Å²) >= 11 is 0. The van der Waals surface area contributed by atoms with Crippen molar-refractivity contribution in [3.63, 3.8) is 0 Å². The summed E-state index contributed by atoms with van der Waals surface area (Å²) in [5.74, 6) is -1.31. The molecule has 0 N–H and O–H groups in total. The van der Waals surface area contributed by atoms with Crippen LogP contribution in [0.5, 0.6) is 0 Å². The van der Waals surface area contributed by atoms with Crippen molar-refractivity contribution < 1.29 is 17.6 Å². The van der Waals surface area contributed by atoms with Crippen LogP contribution in [0.3, 0.4) is 0 Å². The topological polar surface area (TPSA) is 9.86 Å². The van der Waals surface area contributed by atoms with Gasteiger partial charge in [-0.2, -0.15) is 0 Å². The quantitative estimate of drug-likeness (QED) is 0.117. The molecule has 0 amide bonds. The second kappa shape index (κ2) is 13.8. The SMILES string of the molecule is Fc1ccc(-c2c(-c3ccc(F)cc3)n(-c3ccc4ccc5c(-n6c(-c7ccc(F)cc7)c(-c7ccc(F)cc7)c7ccccc76)ccc6ccc3c4c65)c3ccccc23)cc1. The molecule has 0 aliphatic rings. The number of rotatable bonds is 6. The zero-order valence-electron chi connectivity index (χ0n) is 32.9. The normalized spacial score (nSPS) is 11.9. The molecule has 2 nitrogen and oxygen atoms in total. The Morgan fingerprint density at radius 1 is 0.274 bits per heavy atom. The van der Waals surface area contributed by atoms with Crippen molar-refractivity contribution in [1.29, 1.82) is 0 Å². The summed E-state index contributed by atoms with van der Waals surface area (Å²) < 4.78 is 62.4. The molecule has 0 bridgehead atoms. The molecule has 10 aromatic carbocycles. The van der Waals surface area contributed by atoms with E-state index in [1.807, 2.05) is 24.3 Å². The van der Waals surface area contributed by atoms with Crippen molar-refractivity contribution in [2.75, 3.05) is 0 Å². The lowest BCUT2D eigenvalue weighted by molar-refractivity contribution is 0.627. The first-order valence-corrected chi connectivity index (χ1v) is 20.4. The number of fused-ring (bicyclic) bond motifs is 2. The van der Waals surface area contributed by atoms with Gasteiger partial charge in [0.1, 0.15) is 23.3 Å². The van der Waals surface area contributed by atoms with Gasteiger partial charge in [0.25, 0.3) is 0 Å². The third-order valence-electron chi connectivity index (χ3n) is 12.4. The Bertz CT molecular complexity index is 3450. The standard InChI is InChI=1S/C56H32F4N2/c57-39-21-9-35(10-22-39)53-43-5-1-3-7-47(43)61(55(53)37-13-25-41(59)26-14-37)49-31-19-33-18-30-46-50(32-20-34-17-29-45(49)51(33)52(34)46)62-48-8-4-2-6-44(48)54(36-11-23-40(58)24-12-36)56(62)38-15-27-42(60)28-16-38/h1-32H. The molecule has 0 radical (unpaired) electrons. The average Bonchev–Trinajstić information content (AvgIpc) is 3.83. The Kier molecular flexibility index (Phi) is 8.00. The summed E-state index contributed by atoms with van der Waals surface area (Å²) in [6.07, 6.45) is 0. The molecule has 0 saturated heterocycles. The molecule has 294 valence electrons. The molecule has 62 heavy (non-hydrogen) atoms. The van der Waals surface area contributed by atoms with Gasteiger partial charge >= 0.3 is 0 Å². The van der Waals surface area contributed by atoms with Crippen LogP contribution in [0.2, 0.25) is 0 Å². The van der Waals surface area contributed by atoms with Gasteiger partial charge in [-0.15, -0.1) is 0 Å². The van der Waals surface area contributed by atoms with Crippen LogP contribution >= 0.6 is 0 Å². The summed E-state index contributed by atoms with van der Waals surface area (Å²) in [6, 6.07) is 59.9. The molecule has 2 aromatic heterocycles. The number of para-hydroxylation sites is 2. The number of benzene rings is 10. The Balaban J connectivity index is 1.18. The van der Waals surface area contributed by atoms with E-state index < -0.39 is 0 Å². The molecule has 0 saturated carbocycles. The van der Waals surface area contributed by atoms with E-state index in [0.717, 1.165) is 110 Å². The first-order valence-electron chi connectivity index (χ1n) is 20.4. The molecule has 0 aliphatic heterocycles. The Labute approximate surface area is 353 Å². The number of halogens is 4. The molecule has 0 fully saturated rings. The molecule has 0 aliphatic carbocycles. The van der Waals surface area contributed by atoms with Crippen molar-refractivity contribution in [2.45, 2.75) is 0 Å². The first-order chi connectivity index (χ1) is 30.4. The van der Waals surface area contributed by atoms with Gasteiger partial charge in [0.15, 0.2) is 0 Å². The molecule has 0 atom stereocenters. The lowest BCUT2D eigenvalue weighted by atomic mass is 9.92. The second-order valence-electron chi connectivity index (χ2n) is 15.8. The van der Waals surface area contributed by atoms with Crippen LogP contribution in [0.25, 0.3) is 110 Å². The van der Waals surface area contributed by atoms with Gasteiger partial charge in [0.2, 0.25) is 0 Å². The highest BCUT2D eigenvalue weighted by atomic mass is 19.1. The number of nitrogens with zero attached hydrogens (tertiary/aromatic N) is 2. The number of aromatic nitrogens is 2. The highest BCUT2D eigenvalue weighted by Crippen LogP contribution is 2.48. The maximum atomic E-state index is 14.5. The third-order valence-corrected chi connectivity index (χ3v) is 12.4. The van der Waals surface area contributed by atoms with E-state index >= 15 is 0 Å². The summed E-state index contributed by atoms with van der Waals surface area (Å²) in [5, 5.41) is 8.33. The molecule has 0 unspecified atom stereocenters. The van der Waals surface area contributed by atoms with Crippen LogP contribution in [-0.4, -0.2) is 9.13 Å². The molecule has 12 aromatic rings. The van der Waals surface area contributed by atoms with E-state index in [2.05, 4.69) is 81.9 Å². The van der Waals surface area contributed by atoms with Gasteiger partial charge in [-0.05, 0) is 141 Å². The Hall–Kier alpha value is -7.96. The zero-order chi connectivity index (χ0) is 41.6. The monoisotopic (exact) mass is 808 g/mol. The van der Waals surface area contributed by atoms with Crippen LogP contribution in [0.4, 0.5) is 17.6 Å².